The Balaban J connectivity index is 2.10. The van der Waals surface area contributed by atoms with Crippen LogP contribution in [0.5, 0.6) is 0 Å². The number of imidazole rings is 1. The molecule has 0 saturated heterocycles. The van der Waals surface area contributed by atoms with Gasteiger partial charge in [-0.1, -0.05) is 12.1 Å². The molecule has 1 aromatic heterocycles. The van der Waals surface area contributed by atoms with Crippen LogP contribution >= 0.6 is 0 Å². The highest BCUT2D eigenvalue weighted by Gasteiger charge is 2.05. The SMILES string of the molecule is NCc1cnc(Cc2ccc([N+](=O)[O-])cc2)[nH]1. The minimum absolute atomic E-state index is 0.0934. The van der Waals surface area contributed by atoms with Crippen molar-refractivity contribution in [1.29, 1.82) is 0 Å². The Labute approximate surface area is 97.6 Å². The van der Waals surface area contributed by atoms with Gasteiger partial charge in [0, 0.05) is 37.0 Å². The average molecular weight is 232 g/mol. The third kappa shape index (κ3) is 2.67. The maximum Gasteiger partial charge on any atom is 0.269 e. The molecule has 3 N–H and O–H groups in total. The van der Waals surface area contributed by atoms with E-state index in [1.54, 1.807) is 18.3 Å². The van der Waals surface area contributed by atoms with E-state index >= 15 is 0 Å². The summed E-state index contributed by atoms with van der Waals surface area (Å²) >= 11 is 0. The van der Waals surface area contributed by atoms with E-state index in [2.05, 4.69) is 9.97 Å². The number of nitro benzene ring substituents is 1. The molecular weight excluding hydrogens is 220 g/mol. The van der Waals surface area contributed by atoms with E-state index in [9.17, 15) is 10.1 Å². The molecule has 0 fully saturated rings. The van der Waals surface area contributed by atoms with Crippen LogP contribution in [-0.2, 0) is 13.0 Å². The normalized spacial score (nSPS) is 10.4. The minimum Gasteiger partial charge on any atom is -0.345 e. The standard InChI is InChI=1S/C11H12N4O2/c12-6-9-7-13-11(14-9)5-8-1-3-10(4-2-8)15(16)17/h1-4,7H,5-6,12H2,(H,13,14). The summed E-state index contributed by atoms with van der Waals surface area (Å²) < 4.78 is 0. The van der Waals surface area contributed by atoms with Gasteiger partial charge in [0.2, 0.25) is 0 Å². The number of non-ortho nitro benzene ring substituents is 1. The topological polar surface area (TPSA) is 97.8 Å². The molecule has 0 aliphatic rings. The van der Waals surface area contributed by atoms with Gasteiger partial charge in [-0.05, 0) is 5.56 Å². The molecule has 88 valence electrons. The van der Waals surface area contributed by atoms with E-state index in [1.807, 2.05) is 0 Å². The summed E-state index contributed by atoms with van der Waals surface area (Å²) in [6, 6.07) is 6.43. The number of nitro groups is 1. The first-order valence-electron chi connectivity index (χ1n) is 5.15. The maximum absolute atomic E-state index is 10.5. The van der Waals surface area contributed by atoms with Gasteiger partial charge >= 0.3 is 0 Å². The van der Waals surface area contributed by atoms with Crippen molar-refractivity contribution in [3.63, 3.8) is 0 Å². The van der Waals surface area contributed by atoms with E-state index in [1.165, 1.54) is 12.1 Å². The van der Waals surface area contributed by atoms with Gasteiger partial charge in [0.15, 0.2) is 0 Å². The van der Waals surface area contributed by atoms with E-state index < -0.39 is 4.92 Å². The Morgan fingerprint density at radius 1 is 1.35 bits per heavy atom. The lowest BCUT2D eigenvalue weighted by Gasteiger charge is -1.98. The summed E-state index contributed by atoms with van der Waals surface area (Å²) in [5.41, 5.74) is 7.40. The molecule has 17 heavy (non-hydrogen) atoms. The fourth-order valence-corrected chi connectivity index (χ4v) is 1.53. The van der Waals surface area contributed by atoms with Gasteiger partial charge in [0.25, 0.3) is 5.69 Å². The lowest BCUT2D eigenvalue weighted by atomic mass is 10.1. The number of nitrogens with two attached hydrogens (primary N) is 1. The molecule has 6 heteroatoms. The predicted molar refractivity (Wildman–Crippen MR) is 62.4 cm³/mol. The van der Waals surface area contributed by atoms with Crippen LogP contribution in [0.15, 0.2) is 30.5 Å². The Kier molecular flexibility index (Phi) is 3.15. The number of aromatic nitrogens is 2. The van der Waals surface area contributed by atoms with Crippen molar-refractivity contribution in [3.05, 3.63) is 57.7 Å². The molecule has 0 bridgehead atoms. The van der Waals surface area contributed by atoms with E-state index in [-0.39, 0.29) is 5.69 Å². The molecule has 0 amide bonds. The van der Waals surface area contributed by atoms with Crippen molar-refractivity contribution in [2.75, 3.05) is 0 Å². The first-order chi connectivity index (χ1) is 8.19. The van der Waals surface area contributed by atoms with Crippen LogP contribution in [-0.4, -0.2) is 14.9 Å². The Morgan fingerprint density at radius 2 is 2.06 bits per heavy atom. The second-order valence-electron chi connectivity index (χ2n) is 3.66. The van der Waals surface area contributed by atoms with Crippen LogP contribution in [0.4, 0.5) is 5.69 Å². The molecule has 1 heterocycles. The maximum atomic E-state index is 10.5. The summed E-state index contributed by atoms with van der Waals surface area (Å²) in [4.78, 5) is 17.3. The molecule has 6 nitrogen and oxygen atoms in total. The van der Waals surface area contributed by atoms with Crippen LogP contribution < -0.4 is 5.73 Å². The number of benzene rings is 1. The van der Waals surface area contributed by atoms with Gasteiger partial charge < -0.3 is 10.7 Å². The first-order valence-corrected chi connectivity index (χ1v) is 5.15. The van der Waals surface area contributed by atoms with Gasteiger partial charge in [0.1, 0.15) is 5.82 Å². The Hall–Kier alpha value is -2.21. The molecule has 0 aliphatic carbocycles. The first kappa shape index (κ1) is 11.3. The van der Waals surface area contributed by atoms with Crippen molar-refractivity contribution < 1.29 is 4.92 Å². The fraction of sp³-hybridized carbons (Fsp3) is 0.182. The lowest BCUT2D eigenvalue weighted by molar-refractivity contribution is -0.384. The summed E-state index contributed by atoms with van der Waals surface area (Å²) in [6.07, 6.45) is 2.30. The summed E-state index contributed by atoms with van der Waals surface area (Å²) in [6.45, 7) is 0.424. The highest BCUT2D eigenvalue weighted by molar-refractivity contribution is 5.34. The zero-order valence-corrected chi connectivity index (χ0v) is 9.09. The molecule has 0 unspecified atom stereocenters. The quantitative estimate of drug-likeness (QED) is 0.614. The number of nitrogens with zero attached hydrogens (tertiary/aromatic N) is 2. The van der Waals surface area contributed by atoms with Gasteiger partial charge in [-0.15, -0.1) is 0 Å². The van der Waals surface area contributed by atoms with Gasteiger partial charge in [-0.3, -0.25) is 10.1 Å². The number of hydrogen-bond donors (Lipinski definition) is 2. The zero-order chi connectivity index (χ0) is 12.3. The highest BCUT2D eigenvalue weighted by atomic mass is 16.6. The zero-order valence-electron chi connectivity index (χ0n) is 9.09. The molecular formula is C11H12N4O2. The second-order valence-corrected chi connectivity index (χ2v) is 3.66. The predicted octanol–water partition coefficient (Wildman–Crippen LogP) is 1.37. The Bertz CT molecular complexity index is 519. The summed E-state index contributed by atoms with van der Waals surface area (Å²) in [5, 5.41) is 10.5. The van der Waals surface area contributed by atoms with Crippen LogP contribution in [0.25, 0.3) is 0 Å². The van der Waals surface area contributed by atoms with Crippen LogP contribution in [0.1, 0.15) is 17.1 Å². The van der Waals surface area contributed by atoms with Crippen molar-refractivity contribution >= 4 is 5.69 Å². The van der Waals surface area contributed by atoms with E-state index in [0.717, 1.165) is 17.1 Å². The summed E-state index contributed by atoms with van der Waals surface area (Å²) in [7, 11) is 0. The average Bonchev–Trinajstić information content (AvgIpc) is 2.77. The van der Waals surface area contributed by atoms with Crippen molar-refractivity contribution in [1.82, 2.24) is 9.97 Å². The smallest absolute Gasteiger partial charge is 0.269 e. The third-order valence-electron chi connectivity index (χ3n) is 2.42. The molecule has 0 saturated carbocycles. The number of hydrogen-bond acceptors (Lipinski definition) is 4. The van der Waals surface area contributed by atoms with Gasteiger partial charge in [-0.2, -0.15) is 0 Å². The molecule has 0 aliphatic heterocycles. The fourth-order valence-electron chi connectivity index (χ4n) is 1.53. The van der Waals surface area contributed by atoms with E-state index in [4.69, 9.17) is 5.73 Å². The number of rotatable bonds is 4. The lowest BCUT2D eigenvalue weighted by Crippen LogP contribution is -1.97. The van der Waals surface area contributed by atoms with Gasteiger partial charge in [0.05, 0.1) is 4.92 Å². The van der Waals surface area contributed by atoms with Crippen LogP contribution in [0.3, 0.4) is 0 Å². The monoisotopic (exact) mass is 232 g/mol. The van der Waals surface area contributed by atoms with E-state index in [0.29, 0.717) is 13.0 Å². The minimum atomic E-state index is -0.413. The van der Waals surface area contributed by atoms with Crippen molar-refractivity contribution in [2.24, 2.45) is 5.73 Å². The molecule has 1 aromatic carbocycles. The van der Waals surface area contributed by atoms with Crippen LogP contribution in [0, 0.1) is 10.1 Å². The Morgan fingerprint density at radius 3 is 2.59 bits per heavy atom. The third-order valence-corrected chi connectivity index (χ3v) is 2.42. The number of nitrogens with one attached hydrogen (secondary N) is 1. The van der Waals surface area contributed by atoms with Crippen LogP contribution in [0.2, 0.25) is 0 Å². The number of H-pyrrole nitrogens is 1. The largest absolute Gasteiger partial charge is 0.345 e. The number of aromatic amines is 1. The van der Waals surface area contributed by atoms with Crippen molar-refractivity contribution in [2.45, 2.75) is 13.0 Å². The summed E-state index contributed by atoms with van der Waals surface area (Å²) in [5.74, 6) is 0.805. The van der Waals surface area contributed by atoms with Gasteiger partial charge in [-0.25, -0.2) is 4.98 Å². The molecule has 0 radical (unpaired) electrons. The molecule has 0 spiro atoms. The highest BCUT2D eigenvalue weighted by Crippen LogP contribution is 2.13. The van der Waals surface area contributed by atoms with Crippen molar-refractivity contribution in [3.8, 4) is 0 Å². The molecule has 2 aromatic rings. The molecule has 2 rings (SSSR count). The second kappa shape index (κ2) is 4.75. The molecule has 0 atom stereocenters.